The molecule has 1 amide bonds. The number of carbonyl (C=O) groups is 1. The zero-order chi connectivity index (χ0) is 19.4. The van der Waals surface area contributed by atoms with Crippen LogP contribution in [-0.2, 0) is 0 Å². The number of fused-ring (bicyclic) bond motifs is 1. The maximum atomic E-state index is 13.1. The van der Waals surface area contributed by atoms with Crippen LogP contribution in [-0.4, -0.2) is 29.5 Å². The maximum Gasteiger partial charge on any atom is 0.267 e. The van der Waals surface area contributed by atoms with Crippen molar-refractivity contribution >= 4 is 16.8 Å². The molecule has 6 heteroatoms. The minimum Gasteiger partial charge on any atom is -0.351 e. The van der Waals surface area contributed by atoms with Gasteiger partial charge in [0.25, 0.3) is 5.91 Å². The van der Waals surface area contributed by atoms with Gasteiger partial charge in [0.05, 0.1) is 0 Å². The Bertz CT molecular complexity index is 918. The number of halogens is 1. The zero-order valence-corrected chi connectivity index (χ0v) is 15.3. The highest BCUT2D eigenvalue weighted by Crippen LogP contribution is 2.25. The summed E-state index contributed by atoms with van der Waals surface area (Å²) in [4.78, 5) is 15.5. The van der Waals surface area contributed by atoms with E-state index in [-0.39, 0.29) is 23.8 Å². The first-order valence-electron chi connectivity index (χ1n) is 9.10. The van der Waals surface area contributed by atoms with Gasteiger partial charge in [-0.05, 0) is 55.2 Å². The fraction of sp³-hybridized carbons (Fsp3) is 0.286. The fourth-order valence-electron chi connectivity index (χ4n) is 2.97. The molecule has 0 saturated heterocycles. The molecule has 0 aliphatic rings. The standard InChI is InChI=1S/C21H25FN4O/c1-13(23)2-9-18(24)12-25-21(27)20-11-16-4-3-15(10-19(16)26-20)14-5-7-17(22)8-6-14/h3-8,10-11,13,18,26H,2,9,12,23-24H2,1H3,(H,25,27). The predicted molar refractivity (Wildman–Crippen MR) is 107 cm³/mol. The van der Waals surface area contributed by atoms with Crippen LogP contribution in [0, 0.1) is 5.82 Å². The first-order valence-corrected chi connectivity index (χ1v) is 9.10. The topological polar surface area (TPSA) is 96.9 Å². The van der Waals surface area contributed by atoms with Crippen LogP contribution < -0.4 is 16.8 Å². The number of H-pyrrole nitrogens is 1. The van der Waals surface area contributed by atoms with Crippen LogP contribution in [0.2, 0.25) is 0 Å². The Hall–Kier alpha value is -2.70. The van der Waals surface area contributed by atoms with Crippen LogP contribution in [0.1, 0.15) is 30.3 Å². The van der Waals surface area contributed by atoms with E-state index in [1.165, 1.54) is 12.1 Å². The molecule has 3 aromatic rings. The molecule has 2 atom stereocenters. The Morgan fingerprint density at radius 1 is 1.07 bits per heavy atom. The average molecular weight is 368 g/mol. The number of hydrogen-bond acceptors (Lipinski definition) is 3. The Labute approximate surface area is 157 Å². The van der Waals surface area contributed by atoms with E-state index in [1.54, 1.807) is 12.1 Å². The molecule has 3 rings (SSSR count). The molecule has 0 spiro atoms. The summed E-state index contributed by atoms with van der Waals surface area (Å²) in [5.41, 5.74) is 14.9. The third-order valence-electron chi connectivity index (χ3n) is 4.56. The van der Waals surface area contributed by atoms with Crippen molar-refractivity contribution in [2.45, 2.75) is 31.8 Å². The summed E-state index contributed by atoms with van der Waals surface area (Å²) in [6, 6.07) is 14.0. The number of carbonyl (C=O) groups excluding carboxylic acids is 1. The smallest absolute Gasteiger partial charge is 0.267 e. The number of aromatic nitrogens is 1. The summed E-state index contributed by atoms with van der Waals surface area (Å²) >= 11 is 0. The monoisotopic (exact) mass is 368 g/mol. The molecule has 5 nitrogen and oxygen atoms in total. The van der Waals surface area contributed by atoms with Crippen LogP contribution >= 0.6 is 0 Å². The van der Waals surface area contributed by atoms with Gasteiger partial charge in [0.2, 0.25) is 0 Å². The average Bonchev–Trinajstić information content (AvgIpc) is 3.08. The molecule has 6 N–H and O–H groups in total. The van der Waals surface area contributed by atoms with Gasteiger partial charge in [0, 0.05) is 29.5 Å². The number of rotatable bonds is 7. The summed E-state index contributed by atoms with van der Waals surface area (Å²) in [7, 11) is 0. The van der Waals surface area contributed by atoms with Crippen molar-refractivity contribution in [1.29, 1.82) is 0 Å². The molecular formula is C21H25FN4O. The third-order valence-corrected chi connectivity index (χ3v) is 4.56. The molecule has 2 aromatic carbocycles. The van der Waals surface area contributed by atoms with Crippen LogP contribution in [0.4, 0.5) is 4.39 Å². The summed E-state index contributed by atoms with van der Waals surface area (Å²) < 4.78 is 13.1. The molecule has 1 heterocycles. The number of aromatic amines is 1. The number of nitrogens with one attached hydrogen (secondary N) is 2. The van der Waals surface area contributed by atoms with Gasteiger partial charge in [0.1, 0.15) is 11.5 Å². The molecule has 1 aromatic heterocycles. The molecule has 0 saturated carbocycles. The summed E-state index contributed by atoms with van der Waals surface area (Å²) in [6.45, 7) is 2.34. The summed E-state index contributed by atoms with van der Waals surface area (Å²) in [6.07, 6.45) is 1.60. The highest BCUT2D eigenvalue weighted by molar-refractivity contribution is 5.98. The highest BCUT2D eigenvalue weighted by Gasteiger charge is 2.12. The van der Waals surface area contributed by atoms with Gasteiger partial charge in [0.15, 0.2) is 0 Å². The van der Waals surface area contributed by atoms with Crippen LogP contribution in [0.5, 0.6) is 0 Å². The van der Waals surface area contributed by atoms with E-state index < -0.39 is 0 Å². The minimum atomic E-state index is -0.266. The molecule has 0 aliphatic carbocycles. The predicted octanol–water partition coefficient (Wildman–Crippen LogP) is 3.16. The Kier molecular flexibility index (Phi) is 5.88. The van der Waals surface area contributed by atoms with Gasteiger partial charge in [-0.15, -0.1) is 0 Å². The lowest BCUT2D eigenvalue weighted by Crippen LogP contribution is -2.38. The fourth-order valence-corrected chi connectivity index (χ4v) is 2.97. The third kappa shape index (κ3) is 4.93. The Morgan fingerprint density at radius 2 is 1.78 bits per heavy atom. The van der Waals surface area contributed by atoms with E-state index in [0.29, 0.717) is 12.2 Å². The molecule has 2 unspecified atom stereocenters. The van der Waals surface area contributed by atoms with E-state index in [9.17, 15) is 9.18 Å². The van der Waals surface area contributed by atoms with Crippen molar-refractivity contribution < 1.29 is 9.18 Å². The Morgan fingerprint density at radius 3 is 2.48 bits per heavy atom. The lowest BCUT2D eigenvalue weighted by Gasteiger charge is -2.13. The summed E-state index contributed by atoms with van der Waals surface area (Å²) in [5, 5.41) is 3.80. The van der Waals surface area contributed by atoms with Crippen molar-refractivity contribution in [1.82, 2.24) is 10.3 Å². The van der Waals surface area contributed by atoms with Crippen LogP contribution in [0.25, 0.3) is 22.0 Å². The van der Waals surface area contributed by atoms with Crippen molar-refractivity contribution in [2.24, 2.45) is 11.5 Å². The Balaban J connectivity index is 1.69. The van der Waals surface area contributed by atoms with Crippen molar-refractivity contribution in [2.75, 3.05) is 6.54 Å². The lowest BCUT2D eigenvalue weighted by atomic mass is 10.0. The van der Waals surface area contributed by atoms with Crippen LogP contribution in [0.3, 0.4) is 0 Å². The maximum absolute atomic E-state index is 13.1. The van der Waals surface area contributed by atoms with Gasteiger partial charge in [-0.1, -0.05) is 24.3 Å². The number of hydrogen-bond donors (Lipinski definition) is 4. The van der Waals surface area contributed by atoms with E-state index in [0.717, 1.165) is 34.9 Å². The largest absolute Gasteiger partial charge is 0.351 e. The van der Waals surface area contributed by atoms with E-state index >= 15 is 0 Å². The first-order chi connectivity index (χ1) is 12.9. The molecule has 0 aliphatic heterocycles. The second kappa shape index (κ2) is 8.33. The molecule has 27 heavy (non-hydrogen) atoms. The first kappa shape index (κ1) is 19.1. The van der Waals surface area contributed by atoms with E-state index in [4.69, 9.17) is 11.5 Å². The quantitative estimate of drug-likeness (QED) is 0.516. The molecule has 0 bridgehead atoms. The van der Waals surface area contributed by atoms with Gasteiger partial charge < -0.3 is 21.8 Å². The van der Waals surface area contributed by atoms with Gasteiger partial charge in [-0.25, -0.2) is 4.39 Å². The normalized spacial score (nSPS) is 13.5. The lowest BCUT2D eigenvalue weighted by molar-refractivity contribution is 0.0946. The van der Waals surface area contributed by atoms with Crippen LogP contribution in [0.15, 0.2) is 48.5 Å². The number of nitrogens with two attached hydrogens (primary N) is 2. The molecular weight excluding hydrogens is 343 g/mol. The number of benzene rings is 2. The number of amides is 1. The summed E-state index contributed by atoms with van der Waals surface area (Å²) in [5.74, 6) is -0.455. The van der Waals surface area contributed by atoms with Gasteiger partial charge >= 0.3 is 0 Å². The van der Waals surface area contributed by atoms with Gasteiger partial charge in [-0.3, -0.25) is 4.79 Å². The van der Waals surface area contributed by atoms with Gasteiger partial charge in [-0.2, -0.15) is 0 Å². The van der Waals surface area contributed by atoms with E-state index in [1.807, 2.05) is 31.2 Å². The highest BCUT2D eigenvalue weighted by atomic mass is 19.1. The van der Waals surface area contributed by atoms with Crippen molar-refractivity contribution in [3.05, 3.63) is 60.0 Å². The zero-order valence-electron chi connectivity index (χ0n) is 15.3. The second-order valence-corrected chi connectivity index (χ2v) is 7.02. The molecule has 142 valence electrons. The van der Waals surface area contributed by atoms with Crippen molar-refractivity contribution in [3.8, 4) is 11.1 Å². The second-order valence-electron chi connectivity index (χ2n) is 7.02. The molecule has 0 fully saturated rings. The minimum absolute atomic E-state index is 0.107. The van der Waals surface area contributed by atoms with Crippen molar-refractivity contribution in [3.63, 3.8) is 0 Å². The van der Waals surface area contributed by atoms with E-state index in [2.05, 4.69) is 10.3 Å². The SMILES string of the molecule is CC(N)CCC(N)CNC(=O)c1cc2ccc(-c3ccc(F)cc3)cc2[nH]1. The molecule has 0 radical (unpaired) electrons.